The maximum absolute atomic E-state index is 10.4. The molecule has 1 saturated carbocycles. The monoisotopic (exact) mass is 569 g/mol. The van der Waals surface area contributed by atoms with E-state index in [4.69, 9.17) is 29.8 Å². The van der Waals surface area contributed by atoms with Crippen LogP contribution in [0.3, 0.4) is 0 Å². The van der Waals surface area contributed by atoms with Crippen molar-refractivity contribution in [1.82, 2.24) is 0 Å². The average Bonchev–Trinajstić information content (AvgIpc) is 3.26. The van der Waals surface area contributed by atoms with E-state index in [1.165, 1.54) is 0 Å². The van der Waals surface area contributed by atoms with Crippen molar-refractivity contribution in [2.75, 3.05) is 0 Å². The zero-order chi connectivity index (χ0) is 28.1. The Morgan fingerprint density at radius 2 is 1.13 bits per heavy atom. The summed E-state index contributed by atoms with van der Waals surface area (Å²) in [5.41, 5.74) is 5.80. The summed E-state index contributed by atoms with van der Waals surface area (Å²) in [5, 5.41) is 38.6. The van der Waals surface area contributed by atoms with Gasteiger partial charge in [0.15, 0.2) is 0 Å². The van der Waals surface area contributed by atoms with Crippen molar-refractivity contribution in [2.24, 2.45) is 9.98 Å². The van der Waals surface area contributed by atoms with Crippen LogP contribution in [0.2, 0.25) is 0 Å². The molecule has 2 atom stereocenters. The van der Waals surface area contributed by atoms with Gasteiger partial charge in [-0.1, -0.05) is 26.0 Å². The largest absolute Gasteiger partial charge is 2.00 e. The third-order valence-electron chi connectivity index (χ3n) is 5.71. The predicted molar refractivity (Wildman–Crippen MR) is 142 cm³/mol. The third-order valence-corrected chi connectivity index (χ3v) is 5.71. The Morgan fingerprint density at radius 1 is 0.816 bits per heavy atom. The Bertz CT molecular complexity index is 1040. The first-order valence-electron chi connectivity index (χ1n) is 12.4. The SMILES string of the molecule is CC(=O)[O-].CC(=O)[O-].CCc1cc(C)cc(C=NC2CCC(N=Cc3cc(C)cc(CC)c3O)C2)c1O.[Co+2]. The molecule has 38 heavy (non-hydrogen) atoms. The number of nitrogens with zero attached hydrogens (tertiary/aromatic N) is 2. The molecule has 0 saturated heterocycles. The van der Waals surface area contributed by atoms with Crippen LogP contribution in [0, 0.1) is 13.8 Å². The summed E-state index contributed by atoms with van der Waals surface area (Å²) >= 11 is 0. The number of aliphatic imine (C=N–C) groups is 2. The standard InChI is InChI=1S/C25H32N2O2.2C2H4O2.Co/c1-5-18-9-16(3)11-20(24(18)28)14-26-22-7-8-23(13-22)27-15-21-12-17(4)10-19(6-2)25(21)29;2*1-2(3)4;/h9-12,14-15,22-23,28-29H,5-8,13H2,1-4H3;2*1H3,(H,3,4);/q;;;+2/p-2. The van der Waals surface area contributed by atoms with E-state index in [-0.39, 0.29) is 28.9 Å². The zero-order valence-electron chi connectivity index (χ0n) is 22.9. The van der Waals surface area contributed by atoms with Crippen LogP contribution in [-0.4, -0.2) is 46.7 Å². The molecule has 209 valence electrons. The van der Waals surface area contributed by atoms with Gasteiger partial charge in [0, 0.05) is 35.5 Å². The van der Waals surface area contributed by atoms with E-state index in [0.29, 0.717) is 11.5 Å². The van der Waals surface area contributed by atoms with E-state index in [1.54, 1.807) is 0 Å². The van der Waals surface area contributed by atoms with Crippen molar-refractivity contribution in [3.05, 3.63) is 57.6 Å². The number of carboxylic acid groups (broad SMARTS) is 2. The molecule has 2 unspecified atom stereocenters. The maximum Gasteiger partial charge on any atom is 2.00 e. The first-order chi connectivity index (χ1) is 17.4. The second-order valence-corrected chi connectivity index (χ2v) is 9.09. The fraction of sp³-hybridized carbons (Fsp3) is 0.448. The van der Waals surface area contributed by atoms with E-state index >= 15 is 0 Å². The topological polar surface area (TPSA) is 145 Å². The number of rotatable bonds is 6. The van der Waals surface area contributed by atoms with Crippen molar-refractivity contribution in [3.63, 3.8) is 0 Å². The smallest absolute Gasteiger partial charge is 0.550 e. The van der Waals surface area contributed by atoms with Gasteiger partial charge in [-0.15, -0.1) is 0 Å². The molecule has 0 aromatic heterocycles. The van der Waals surface area contributed by atoms with Gasteiger partial charge in [0.2, 0.25) is 0 Å². The van der Waals surface area contributed by atoms with E-state index in [0.717, 1.165) is 79.3 Å². The third kappa shape index (κ3) is 12.4. The van der Waals surface area contributed by atoms with Crippen molar-refractivity contribution >= 4 is 24.4 Å². The molecular formula is C29H38CoN2O6. The number of carboxylic acids is 2. The molecule has 2 N–H and O–H groups in total. The number of carbonyl (C=O) groups is 2. The number of phenolic OH excluding ortho intramolecular Hbond substituents is 2. The Labute approximate surface area is 235 Å². The van der Waals surface area contributed by atoms with Gasteiger partial charge in [0.25, 0.3) is 0 Å². The molecule has 9 heteroatoms. The van der Waals surface area contributed by atoms with Gasteiger partial charge in [-0.25, -0.2) is 0 Å². The number of aromatic hydroxyl groups is 2. The molecule has 3 rings (SSSR count). The van der Waals surface area contributed by atoms with Gasteiger partial charge in [-0.2, -0.15) is 0 Å². The quantitative estimate of drug-likeness (QED) is 0.512. The molecule has 2 aromatic rings. The molecule has 0 amide bonds. The Kier molecular flexibility index (Phi) is 15.9. The minimum atomic E-state index is -1.08. The summed E-state index contributed by atoms with van der Waals surface area (Å²) in [5.74, 6) is -1.48. The predicted octanol–water partition coefficient (Wildman–Crippen LogP) is 2.81. The number of phenols is 2. The Hall–Kier alpha value is -3.17. The van der Waals surface area contributed by atoms with Gasteiger partial charge in [-0.3, -0.25) is 9.98 Å². The van der Waals surface area contributed by atoms with Crippen LogP contribution >= 0.6 is 0 Å². The van der Waals surface area contributed by atoms with Crippen LogP contribution in [0.1, 0.15) is 80.3 Å². The van der Waals surface area contributed by atoms with Gasteiger partial charge < -0.3 is 30.0 Å². The second-order valence-electron chi connectivity index (χ2n) is 9.09. The number of hydrogen-bond acceptors (Lipinski definition) is 8. The van der Waals surface area contributed by atoms with Crippen LogP contribution in [0.15, 0.2) is 34.3 Å². The summed E-state index contributed by atoms with van der Waals surface area (Å²) in [6.45, 7) is 10.1. The Morgan fingerprint density at radius 3 is 1.42 bits per heavy atom. The van der Waals surface area contributed by atoms with Crippen LogP contribution in [0.25, 0.3) is 0 Å². The number of hydrogen-bond donors (Lipinski definition) is 2. The minimum absolute atomic E-state index is 0. The molecule has 1 aliphatic carbocycles. The van der Waals surface area contributed by atoms with Crippen LogP contribution in [0.5, 0.6) is 11.5 Å². The molecule has 0 aliphatic heterocycles. The van der Waals surface area contributed by atoms with E-state index in [9.17, 15) is 10.2 Å². The fourth-order valence-corrected chi connectivity index (χ4v) is 4.08. The van der Waals surface area contributed by atoms with Crippen molar-refractivity contribution in [3.8, 4) is 11.5 Å². The number of aliphatic carboxylic acids is 2. The molecular weight excluding hydrogens is 531 g/mol. The van der Waals surface area contributed by atoms with Crippen molar-refractivity contribution < 1.29 is 46.8 Å². The Balaban J connectivity index is 0.00000134. The number of carbonyl (C=O) groups excluding carboxylic acids is 2. The summed E-state index contributed by atoms with van der Waals surface area (Å²) in [7, 11) is 0. The molecule has 0 heterocycles. The van der Waals surface area contributed by atoms with E-state index in [2.05, 4.69) is 0 Å². The van der Waals surface area contributed by atoms with Crippen molar-refractivity contribution in [1.29, 1.82) is 0 Å². The van der Waals surface area contributed by atoms with Crippen LogP contribution < -0.4 is 10.2 Å². The molecule has 0 bridgehead atoms. The van der Waals surface area contributed by atoms with E-state index < -0.39 is 11.9 Å². The van der Waals surface area contributed by atoms with Gasteiger partial charge in [0.1, 0.15) is 11.5 Å². The van der Waals surface area contributed by atoms with Crippen molar-refractivity contribution in [2.45, 2.75) is 85.7 Å². The molecule has 1 aliphatic rings. The molecule has 1 fully saturated rings. The van der Waals surface area contributed by atoms with Gasteiger partial charge >= 0.3 is 16.8 Å². The minimum Gasteiger partial charge on any atom is -0.550 e. The molecule has 8 nitrogen and oxygen atoms in total. The van der Waals surface area contributed by atoms with Crippen LogP contribution in [-0.2, 0) is 39.2 Å². The molecule has 0 spiro atoms. The van der Waals surface area contributed by atoms with Crippen LogP contribution in [0.4, 0.5) is 0 Å². The first kappa shape index (κ1) is 34.8. The number of aryl methyl sites for hydroxylation is 4. The average molecular weight is 570 g/mol. The fourth-order valence-electron chi connectivity index (χ4n) is 4.08. The normalized spacial score (nSPS) is 16.3. The zero-order valence-corrected chi connectivity index (χ0v) is 24.0. The first-order valence-corrected chi connectivity index (χ1v) is 12.4. The second kappa shape index (κ2) is 17.4. The summed E-state index contributed by atoms with van der Waals surface area (Å²) in [4.78, 5) is 27.2. The molecule has 1 radical (unpaired) electrons. The van der Waals surface area contributed by atoms with Gasteiger partial charge in [-0.05, 0) is 94.2 Å². The summed E-state index contributed by atoms with van der Waals surface area (Å²) < 4.78 is 0. The van der Waals surface area contributed by atoms with E-state index in [1.807, 2.05) is 64.4 Å². The number of benzene rings is 2. The summed E-state index contributed by atoms with van der Waals surface area (Å²) in [6, 6.07) is 8.46. The molecule has 2 aromatic carbocycles. The van der Waals surface area contributed by atoms with Gasteiger partial charge in [0.05, 0.1) is 12.1 Å². The maximum atomic E-state index is 10.4. The summed E-state index contributed by atoms with van der Waals surface area (Å²) in [6.07, 6.45) is 8.13.